The topological polar surface area (TPSA) is 68.5 Å². The van der Waals surface area contributed by atoms with Gasteiger partial charge in [0.1, 0.15) is 5.75 Å². The Morgan fingerprint density at radius 3 is 2.87 bits per heavy atom. The third kappa shape index (κ3) is 3.54. The van der Waals surface area contributed by atoms with Crippen LogP contribution in [0.25, 0.3) is 0 Å². The molecule has 120 valence electrons. The number of aromatic nitrogens is 1. The van der Waals surface area contributed by atoms with Crippen LogP contribution in [-0.2, 0) is 0 Å². The zero-order valence-corrected chi connectivity index (χ0v) is 14.2. The number of pyridine rings is 1. The predicted octanol–water partition coefficient (Wildman–Crippen LogP) is 3.20. The smallest absolute Gasteiger partial charge is 0.255 e. The third-order valence-corrected chi connectivity index (χ3v) is 4.60. The normalized spacial score (nSPS) is 17.3. The number of ether oxygens (including phenoxy) is 1. The SMILES string of the molecule is NC[C@@H]1CCCN1C(=O)c1ccc(Oc2ccccc2Br)nc1. The number of rotatable bonds is 4. The highest BCUT2D eigenvalue weighted by atomic mass is 79.9. The summed E-state index contributed by atoms with van der Waals surface area (Å²) in [5, 5.41) is 0. The predicted molar refractivity (Wildman–Crippen MR) is 91.6 cm³/mol. The second-order valence-corrected chi connectivity index (χ2v) is 6.30. The summed E-state index contributed by atoms with van der Waals surface area (Å²) in [5.74, 6) is 1.12. The van der Waals surface area contributed by atoms with Crippen LogP contribution >= 0.6 is 15.9 Å². The maximum atomic E-state index is 12.5. The fraction of sp³-hybridized carbons (Fsp3) is 0.294. The molecule has 1 atom stereocenters. The number of para-hydroxylation sites is 1. The van der Waals surface area contributed by atoms with Gasteiger partial charge in [0.25, 0.3) is 5.91 Å². The molecule has 5 nitrogen and oxygen atoms in total. The minimum Gasteiger partial charge on any atom is -0.438 e. The highest BCUT2D eigenvalue weighted by Gasteiger charge is 2.28. The molecule has 1 aliphatic heterocycles. The second-order valence-electron chi connectivity index (χ2n) is 5.45. The Labute approximate surface area is 143 Å². The lowest BCUT2D eigenvalue weighted by Crippen LogP contribution is -2.39. The second kappa shape index (κ2) is 7.10. The number of hydrogen-bond donors (Lipinski definition) is 1. The van der Waals surface area contributed by atoms with Crippen molar-refractivity contribution in [3.63, 3.8) is 0 Å². The Morgan fingerprint density at radius 2 is 2.17 bits per heavy atom. The number of nitrogens with two attached hydrogens (primary N) is 1. The summed E-state index contributed by atoms with van der Waals surface area (Å²) in [4.78, 5) is 18.6. The van der Waals surface area contributed by atoms with Crippen molar-refractivity contribution in [3.05, 3.63) is 52.6 Å². The fourth-order valence-electron chi connectivity index (χ4n) is 2.72. The molecule has 2 N–H and O–H groups in total. The number of nitrogens with zero attached hydrogens (tertiary/aromatic N) is 2. The van der Waals surface area contributed by atoms with Crippen molar-refractivity contribution in [1.29, 1.82) is 0 Å². The minimum atomic E-state index is -0.0158. The number of carbonyl (C=O) groups is 1. The molecule has 1 amide bonds. The van der Waals surface area contributed by atoms with Crippen molar-refractivity contribution >= 4 is 21.8 Å². The van der Waals surface area contributed by atoms with Crippen molar-refractivity contribution in [2.75, 3.05) is 13.1 Å². The van der Waals surface area contributed by atoms with Crippen LogP contribution in [0.4, 0.5) is 0 Å². The Balaban J connectivity index is 1.72. The van der Waals surface area contributed by atoms with Crippen LogP contribution in [0.3, 0.4) is 0 Å². The van der Waals surface area contributed by atoms with Crippen LogP contribution in [0.5, 0.6) is 11.6 Å². The molecule has 6 heteroatoms. The summed E-state index contributed by atoms with van der Waals surface area (Å²) in [6, 6.07) is 11.1. The van der Waals surface area contributed by atoms with Crippen molar-refractivity contribution in [1.82, 2.24) is 9.88 Å². The molecule has 2 aromatic rings. The van der Waals surface area contributed by atoms with Gasteiger partial charge >= 0.3 is 0 Å². The van der Waals surface area contributed by atoms with E-state index < -0.39 is 0 Å². The van der Waals surface area contributed by atoms with E-state index in [1.54, 1.807) is 18.3 Å². The van der Waals surface area contributed by atoms with E-state index in [4.69, 9.17) is 10.5 Å². The highest BCUT2D eigenvalue weighted by Crippen LogP contribution is 2.28. The average molecular weight is 376 g/mol. The van der Waals surface area contributed by atoms with Crippen molar-refractivity contribution in [2.24, 2.45) is 5.73 Å². The molecule has 1 aromatic carbocycles. The molecule has 0 radical (unpaired) electrons. The molecule has 1 fully saturated rings. The number of carbonyl (C=O) groups excluding carboxylic acids is 1. The number of benzene rings is 1. The van der Waals surface area contributed by atoms with E-state index in [9.17, 15) is 4.79 Å². The van der Waals surface area contributed by atoms with Gasteiger partial charge in [0.05, 0.1) is 10.0 Å². The van der Waals surface area contributed by atoms with Gasteiger partial charge in [-0.3, -0.25) is 4.79 Å². The summed E-state index contributed by atoms with van der Waals surface area (Å²) in [6.45, 7) is 1.26. The number of halogens is 1. The van der Waals surface area contributed by atoms with Crippen LogP contribution in [0, 0.1) is 0 Å². The maximum absolute atomic E-state index is 12.5. The lowest BCUT2D eigenvalue weighted by molar-refractivity contribution is 0.0740. The van der Waals surface area contributed by atoms with Gasteiger partial charge in [-0.15, -0.1) is 0 Å². The molecule has 0 saturated carbocycles. The van der Waals surface area contributed by atoms with Gasteiger partial charge in [-0.05, 0) is 47.0 Å². The van der Waals surface area contributed by atoms with Crippen LogP contribution < -0.4 is 10.5 Å². The molecule has 3 rings (SSSR count). The molecule has 2 heterocycles. The van der Waals surface area contributed by atoms with Gasteiger partial charge in [0.2, 0.25) is 5.88 Å². The Hall–Kier alpha value is -1.92. The third-order valence-electron chi connectivity index (χ3n) is 3.94. The highest BCUT2D eigenvalue weighted by molar-refractivity contribution is 9.10. The average Bonchev–Trinajstić information content (AvgIpc) is 3.05. The molecule has 0 bridgehead atoms. The molecule has 0 aliphatic carbocycles. The monoisotopic (exact) mass is 375 g/mol. The molecule has 0 spiro atoms. The standard InChI is InChI=1S/C17H18BrN3O2/c18-14-5-1-2-6-15(14)23-16-8-7-12(11-20-16)17(22)21-9-3-4-13(21)10-19/h1-2,5-8,11,13H,3-4,9-10,19H2/t13-/m0/s1. The maximum Gasteiger partial charge on any atom is 0.255 e. The van der Waals surface area contributed by atoms with Gasteiger partial charge in [-0.1, -0.05) is 12.1 Å². The van der Waals surface area contributed by atoms with Gasteiger partial charge < -0.3 is 15.4 Å². The Kier molecular flexibility index (Phi) is 4.93. The van der Waals surface area contributed by atoms with E-state index in [-0.39, 0.29) is 11.9 Å². The van der Waals surface area contributed by atoms with E-state index in [1.807, 2.05) is 29.2 Å². The van der Waals surface area contributed by atoms with Crippen molar-refractivity contribution in [2.45, 2.75) is 18.9 Å². The molecular weight excluding hydrogens is 358 g/mol. The summed E-state index contributed by atoms with van der Waals surface area (Å²) in [6.07, 6.45) is 3.53. The van der Waals surface area contributed by atoms with Crippen molar-refractivity contribution in [3.8, 4) is 11.6 Å². The first-order valence-corrected chi connectivity index (χ1v) is 8.38. The van der Waals surface area contributed by atoms with E-state index in [0.717, 1.165) is 23.9 Å². The molecule has 0 unspecified atom stereocenters. The first kappa shape index (κ1) is 16.0. The zero-order chi connectivity index (χ0) is 16.2. The first-order chi connectivity index (χ1) is 11.2. The molecular formula is C17H18BrN3O2. The van der Waals surface area contributed by atoms with Gasteiger partial charge in [0, 0.05) is 31.4 Å². The van der Waals surface area contributed by atoms with Crippen molar-refractivity contribution < 1.29 is 9.53 Å². The molecule has 1 aromatic heterocycles. The minimum absolute atomic E-state index is 0.0158. The summed E-state index contributed by atoms with van der Waals surface area (Å²) >= 11 is 3.43. The number of hydrogen-bond acceptors (Lipinski definition) is 4. The van der Waals surface area contributed by atoms with Crippen LogP contribution in [0.15, 0.2) is 47.1 Å². The molecule has 23 heavy (non-hydrogen) atoms. The first-order valence-electron chi connectivity index (χ1n) is 7.58. The quantitative estimate of drug-likeness (QED) is 0.890. The largest absolute Gasteiger partial charge is 0.438 e. The number of amides is 1. The van der Waals surface area contributed by atoms with Gasteiger partial charge in [0.15, 0.2) is 0 Å². The van der Waals surface area contributed by atoms with Crippen LogP contribution in [0.1, 0.15) is 23.2 Å². The lowest BCUT2D eigenvalue weighted by atomic mass is 10.2. The fourth-order valence-corrected chi connectivity index (χ4v) is 3.09. The molecule has 1 aliphatic rings. The number of likely N-dealkylation sites (tertiary alicyclic amines) is 1. The Bertz CT molecular complexity index is 690. The zero-order valence-electron chi connectivity index (χ0n) is 12.6. The van der Waals surface area contributed by atoms with E-state index >= 15 is 0 Å². The van der Waals surface area contributed by atoms with Crippen LogP contribution in [-0.4, -0.2) is 34.9 Å². The van der Waals surface area contributed by atoms with Gasteiger partial charge in [-0.25, -0.2) is 4.98 Å². The van der Waals surface area contributed by atoms with E-state index in [0.29, 0.717) is 23.7 Å². The van der Waals surface area contributed by atoms with E-state index in [1.165, 1.54) is 0 Å². The lowest BCUT2D eigenvalue weighted by Gasteiger charge is -2.23. The van der Waals surface area contributed by atoms with Gasteiger partial charge in [-0.2, -0.15) is 0 Å². The summed E-state index contributed by atoms with van der Waals surface area (Å²) in [5.41, 5.74) is 6.29. The van der Waals surface area contributed by atoms with Crippen LogP contribution in [0.2, 0.25) is 0 Å². The van der Waals surface area contributed by atoms with E-state index in [2.05, 4.69) is 20.9 Å². The summed E-state index contributed by atoms with van der Waals surface area (Å²) in [7, 11) is 0. The Morgan fingerprint density at radius 1 is 1.35 bits per heavy atom. The summed E-state index contributed by atoms with van der Waals surface area (Å²) < 4.78 is 6.56. The molecule has 1 saturated heterocycles.